The van der Waals surface area contributed by atoms with Gasteiger partial charge in [-0.3, -0.25) is 4.79 Å². The summed E-state index contributed by atoms with van der Waals surface area (Å²) in [6, 6.07) is 5.77. The minimum atomic E-state index is -0.0958. The van der Waals surface area contributed by atoms with Gasteiger partial charge in [0.25, 0.3) is 5.91 Å². The summed E-state index contributed by atoms with van der Waals surface area (Å²) in [4.78, 5) is 11.7. The van der Waals surface area contributed by atoms with Crippen molar-refractivity contribution in [2.24, 2.45) is 11.7 Å². The third-order valence-corrected chi connectivity index (χ3v) is 3.43. The number of carbonyl (C=O) groups is 1. The number of hydrogen-bond acceptors (Lipinski definition) is 4. The van der Waals surface area contributed by atoms with E-state index in [0.29, 0.717) is 17.4 Å². The summed E-state index contributed by atoms with van der Waals surface area (Å²) in [5, 5.41) is 2.87. The van der Waals surface area contributed by atoms with Gasteiger partial charge in [-0.05, 0) is 49.8 Å². The van der Waals surface area contributed by atoms with Crippen LogP contribution in [0.15, 0.2) is 18.2 Å². The Balaban J connectivity index is 1.90. The van der Waals surface area contributed by atoms with Crippen LogP contribution in [-0.2, 0) is 11.2 Å². The van der Waals surface area contributed by atoms with E-state index in [1.807, 2.05) is 25.1 Å². The van der Waals surface area contributed by atoms with E-state index in [1.165, 1.54) is 12.8 Å². The molecule has 5 heteroatoms. The monoisotopic (exact) mass is 292 g/mol. The van der Waals surface area contributed by atoms with E-state index in [1.54, 1.807) is 7.11 Å². The number of amides is 1. The molecule has 0 aromatic heterocycles. The number of carbonyl (C=O) groups excluding carboxylic acids is 1. The molecule has 0 aliphatic heterocycles. The highest BCUT2D eigenvalue weighted by Crippen LogP contribution is 2.29. The van der Waals surface area contributed by atoms with Crippen LogP contribution >= 0.6 is 0 Å². The molecule has 5 nitrogen and oxygen atoms in total. The molecule has 0 bridgehead atoms. The largest absolute Gasteiger partial charge is 0.493 e. The van der Waals surface area contributed by atoms with Gasteiger partial charge in [0.15, 0.2) is 18.1 Å². The summed E-state index contributed by atoms with van der Waals surface area (Å²) in [7, 11) is 1.58. The van der Waals surface area contributed by atoms with Crippen LogP contribution in [-0.4, -0.2) is 32.2 Å². The van der Waals surface area contributed by atoms with Crippen molar-refractivity contribution >= 4 is 5.91 Å². The van der Waals surface area contributed by atoms with Gasteiger partial charge in [-0.1, -0.05) is 6.07 Å². The van der Waals surface area contributed by atoms with Crippen molar-refractivity contribution < 1.29 is 14.3 Å². The first-order valence-corrected chi connectivity index (χ1v) is 7.40. The van der Waals surface area contributed by atoms with Gasteiger partial charge in [-0.25, -0.2) is 0 Å². The van der Waals surface area contributed by atoms with E-state index in [9.17, 15) is 4.79 Å². The van der Waals surface area contributed by atoms with Crippen molar-refractivity contribution in [3.05, 3.63) is 23.8 Å². The fourth-order valence-corrected chi connectivity index (χ4v) is 2.11. The van der Waals surface area contributed by atoms with Crippen LogP contribution in [0.5, 0.6) is 11.5 Å². The lowest BCUT2D eigenvalue weighted by atomic mass is 10.1. The van der Waals surface area contributed by atoms with E-state index in [0.717, 1.165) is 18.5 Å². The van der Waals surface area contributed by atoms with E-state index in [4.69, 9.17) is 15.2 Å². The lowest BCUT2D eigenvalue weighted by Gasteiger charge is -2.13. The van der Waals surface area contributed by atoms with Crippen LogP contribution in [0.2, 0.25) is 0 Å². The number of benzene rings is 1. The minimum absolute atomic E-state index is 0.00467. The molecule has 1 aliphatic rings. The van der Waals surface area contributed by atoms with E-state index < -0.39 is 0 Å². The summed E-state index contributed by atoms with van der Waals surface area (Å²) in [6.07, 6.45) is 3.19. The SMILES string of the molecule is COc1ccc(CC(C)N)cc1OCC(=O)NCC1CC1. The molecule has 1 atom stereocenters. The van der Waals surface area contributed by atoms with Gasteiger partial charge in [0.1, 0.15) is 0 Å². The van der Waals surface area contributed by atoms with Crippen LogP contribution in [0.1, 0.15) is 25.3 Å². The molecule has 1 saturated carbocycles. The Bertz CT molecular complexity index is 484. The molecule has 0 heterocycles. The molecule has 1 aromatic carbocycles. The maximum absolute atomic E-state index is 11.7. The first-order valence-electron chi connectivity index (χ1n) is 7.40. The Hall–Kier alpha value is -1.75. The van der Waals surface area contributed by atoms with Crippen LogP contribution in [0.3, 0.4) is 0 Å². The third-order valence-electron chi connectivity index (χ3n) is 3.43. The number of hydrogen-bond donors (Lipinski definition) is 2. The quantitative estimate of drug-likeness (QED) is 0.761. The highest BCUT2D eigenvalue weighted by molar-refractivity contribution is 5.77. The molecule has 1 aliphatic carbocycles. The van der Waals surface area contributed by atoms with Crippen molar-refractivity contribution in [1.29, 1.82) is 0 Å². The van der Waals surface area contributed by atoms with Gasteiger partial charge < -0.3 is 20.5 Å². The Labute approximate surface area is 125 Å². The standard InChI is InChI=1S/C16H24N2O3/c1-11(17)7-13-5-6-14(20-2)15(8-13)21-10-16(19)18-9-12-3-4-12/h5-6,8,11-12H,3-4,7,9-10,17H2,1-2H3,(H,18,19). The molecule has 1 unspecified atom stereocenters. The smallest absolute Gasteiger partial charge is 0.257 e. The van der Waals surface area contributed by atoms with E-state index in [-0.39, 0.29) is 18.6 Å². The third kappa shape index (κ3) is 5.27. The van der Waals surface area contributed by atoms with Crippen molar-refractivity contribution in [1.82, 2.24) is 5.32 Å². The normalized spacial score (nSPS) is 15.4. The molecule has 116 valence electrons. The van der Waals surface area contributed by atoms with Gasteiger partial charge in [-0.15, -0.1) is 0 Å². The molecule has 0 spiro atoms. The predicted molar refractivity (Wildman–Crippen MR) is 81.6 cm³/mol. The molecule has 1 aromatic rings. The summed E-state index contributed by atoms with van der Waals surface area (Å²) in [5.74, 6) is 1.77. The van der Waals surface area contributed by atoms with Crippen molar-refractivity contribution in [2.75, 3.05) is 20.3 Å². The van der Waals surface area contributed by atoms with Gasteiger partial charge in [0, 0.05) is 12.6 Å². The Kier molecular flexibility index (Phi) is 5.44. The number of methoxy groups -OCH3 is 1. The zero-order valence-corrected chi connectivity index (χ0v) is 12.7. The number of nitrogens with one attached hydrogen (secondary N) is 1. The van der Waals surface area contributed by atoms with Crippen molar-refractivity contribution in [3.63, 3.8) is 0 Å². The number of nitrogens with two attached hydrogens (primary N) is 1. The number of ether oxygens (including phenoxy) is 2. The van der Waals surface area contributed by atoms with Crippen molar-refractivity contribution in [3.8, 4) is 11.5 Å². The van der Waals surface area contributed by atoms with Crippen LogP contribution in [0.4, 0.5) is 0 Å². The van der Waals surface area contributed by atoms with Crippen LogP contribution in [0, 0.1) is 5.92 Å². The molecule has 3 N–H and O–H groups in total. The van der Waals surface area contributed by atoms with Crippen LogP contribution < -0.4 is 20.5 Å². The van der Waals surface area contributed by atoms with E-state index >= 15 is 0 Å². The van der Waals surface area contributed by atoms with Gasteiger partial charge in [0.05, 0.1) is 7.11 Å². The zero-order valence-electron chi connectivity index (χ0n) is 12.7. The summed E-state index contributed by atoms with van der Waals surface area (Å²) >= 11 is 0. The topological polar surface area (TPSA) is 73.6 Å². The molecule has 1 amide bonds. The molecular weight excluding hydrogens is 268 g/mol. The second-order valence-corrected chi connectivity index (χ2v) is 5.70. The van der Waals surface area contributed by atoms with Gasteiger partial charge in [-0.2, -0.15) is 0 Å². The molecular formula is C16H24N2O3. The average molecular weight is 292 g/mol. The second-order valence-electron chi connectivity index (χ2n) is 5.70. The first-order chi connectivity index (χ1) is 10.1. The molecule has 0 saturated heterocycles. The average Bonchev–Trinajstić information content (AvgIpc) is 3.26. The summed E-state index contributed by atoms with van der Waals surface area (Å²) < 4.78 is 10.8. The summed E-state index contributed by atoms with van der Waals surface area (Å²) in [5.41, 5.74) is 6.87. The number of rotatable bonds is 8. The maximum atomic E-state index is 11.7. The minimum Gasteiger partial charge on any atom is -0.493 e. The molecule has 2 rings (SSSR count). The van der Waals surface area contributed by atoms with Gasteiger partial charge >= 0.3 is 0 Å². The second kappa shape index (κ2) is 7.31. The fourth-order valence-electron chi connectivity index (χ4n) is 2.11. The Morgan fingerprint density at radius 2 is 2.19 bits per heavy atom. The van der Waals surface area contributed by atoms with Crippen molar-refractivity contribution in [2.45, 2.75) is 32.2 Å². The Morgan fingerprint density at radius 3 is 2.81 bits per heavy atom. The maximum Gasteiger partial charge on any atom is 0.257 e. The molecule has 21 heavy (non-hydrogen) atoms. The highest BCUT2D eigenvalue weighted by Gasteiger charge is 2.21. The lowest BCUT2D eigenvalue weighted by Crippen LogP contribution is -2.30. The fraction of sp³-hybridized carbons (Fsp3) is 0.562. The zero-order chi connectivity index (χ0) is 15.2. The first kappa shape index (κ1) is 15.6. The van der Waals surface area contributed by atoms with Gasteiger partial charge in [0.2, 0.25) is 0 Å². The highest BCUT2D eigenvalue weighted by atomic mass is 16.5. The lowest BCUT2D eigenvalue weighted by molar-refractivity contribution is -0.123. The van der Waals surface area contributed by atoms with E-state index in [2.05, 4.69) is 5.32 Å². The predicted octanol–water partition coefficient (Wildman–Crippen LogP) is 1.49. The summed E-state index contributed by atoms with van der Waals surface area (Å²) in [6.45, 7) is 2.71. The van der Waals surface area contributed by atoms with Crippen LogP contribution in [0.25, 0.3) is 0 Å². The Morgan fingerprint density at radius 1 is 1.43 bits per heavy atom. The molecule has 0 radical (unpaired) electrons. The molecule has 1 fully saturated rings.